The lowest BCUT2D eigenvalue weighted by Crippen LogP contribution is -2.70. The van der Waals surface area contributed by atoms with Crippen molar-refractivity contribution in [3.63, 3.8) is 0 Å². The second-order valence-corrected chi connectivity index (χ2v) is 9.94. The molecule has 1 unspecified atom stereocenters. The Morgan fingerprint density at radius 3 is 2.03 bits per heavy atom. The van der Waals surface area contributed by atoms with E-state index in [0.717, 1.165) is 0 Å². The standard InChI is InChI=1S/C20H41N5O9/c1-6(21)14-11(27)10(26)9(24)18(32-14)33-15-7(22)4-8(23)16(12(15)28)34-19-13(29)17(25-3)20(2,30)5-31-19/h6-19,25-30H,4-5,21-24H2,1-3H3/t6-,7-,8+,9+,10+,11-,12-,13+,14?,15+,16-,17+,18+,19+,20-/m0/s1. The first-order valence-electron chi connectivity index (χ1n) is 11.5. The summed E-state index contributed by atoms with van der Waals surface area (Å²) in [5, 5.41) is 55.6. The molecule has 1 saturated carbocycles. The largest absolute Gasteiger partial charge is 0.388 e. The number of likely N-dealkylation sites (N-methyl/N-ethyl adjacent to an activating group) is 1. The summed E-state index contributed by atoms with van der Waals surface area (Å²) in [5.74, 6) is 0. The van der Waals surface area contributed by atoms with Gasteiger partial charge in [-0.1, -0.05) is 0 Å². The Morgan fingerprint density at radius 2 is 1.50 bits per heavy atom. The lowest BCUT2D eigenvalue weighted by molar-refractivity contribution is -0.315. The number of hydrogen-bond donors (Lipinski definition) is 10. The summed E-state index contributed by atoms with van der Waals surface area (Å²) in [7, 11) is 1.59. The molecule has 0 spiro atoms. The molecule has 0 aromatic rings. The van der Waals surface area contributed by atoms with E-state index in [9.17, 15) is 25.5 Å². The van der Waals surface area contributed by atoms with Crippen molar-refractivity contribution in [1.82, 2.24) is 5.32 Å². The Kier molecular flexibility index (Phi) is 8.92. The molecule has 200 valence electrons. The van der Waals surface area contributed by atoms with Crippen molar-refractivity contribution < 1.29 is 44.5 Å². The van der Waals surface area contributed by atoms with Gasteiger partial charge >= 0.3 is 0 Å². The maximum absolute atomic E-state index is 11.1. The fourth-order valence-corrected chi connectivity index (χ4v) is 4.98. The van der Waals surface area contributed by atoms with Gasteiger partial charge in [0.15, 0.2) is 12.6 Å². The van der Waals surface area contributed by atoms with Crippen LogP contribution in [0.2, 0.25) is 0 Å². The van der Waals surface area contributed by atoms with E-state index in [0.29, 0.717) is 0 Å². The molecule has 15 atom stereocenters. The minimum atomic E-state index is -1.38. The third kappa shape index (κ3) is 5.40. The minimum Gasteiger partial charge on any atom is -0.388 e. The number of nitrogens with one attached hydrogen (secondary N) is 1. The van der Waals surface area contributed by atoms with Gasteiger partial charge in [0.25, 0.3) is 0 Å². The number of aliphatic hydroxyl groups excluding tert-OH is 4. The minimum absolute atomic E-state index is 0.124. The van der Waals surface area contributed by atoms with E-state index in [1.807, 2.05) is 0 Å². The third-order valence-electron chi connectivity index (χ3n) is 6.99. The van der Waals surface area contributed by atoms with Crippen LogP contribution in [0.4, 0.5) is 0 Å². The van der Waals surface area contributed by atoms with Crippen LogP contribution in [-0.2, 0) is 18.9 Å². The molecule has 34 heavy (non-hydrogen) atoms. The third-order valence-corrected chi connectivity index (χ3v) is 6.99. The van der Waals surface area contributed by atoms with Crippen molar-refractivity contribution in [3.05, 3.63) is 0 Å². The molecule has 2 saturated heterocycles. The molecule has 3 rings (SSSR count). The van der Waals surface area contributed by atoms with Gasteiger partial charge in [0, 0.05) is 18.1 Å². The fraction of sp³-hybridized carbons (Fsp3) is 1.00. The molecule has 0 bridgehead atoms. The Hall–Kier alpha value is -0.560. The summed E-state index contributed by atoms with van der Waals surface area (Å²) < 4.78 is 23.0. The summed E-state index contributed by atoms with van der Waals surface area (Å²) in [4.78, 5) is 0. The van der Waals surface area contributed by atoms with Crippen molar-refractivity contribution in [2.45, 2.75) is 111 Å². The summed E-state index contributed by atoms with van der Waals surface area (Å²) >= 11 is 0. The predicted octanol–water partition coefficient (Wildman–Crippen LogP) is -5.65. The summed E-state index contributed by atoms with van der Waals surface area (Å²) in [6.45, 7) is 3.00. The SMILES string of the molecule is CN[C@@H]1[C@@H](O)[C@@H](O[C@@H]2[C@@H](O)[C@H](O[C@H]3OC([C@H](C)N)[C@@H](O)[C@H](O)[C@H]3N)[C@@H](N)C[C@H]2N)OC[C@]1(C)O. The number of rotatable bonds is 6. The molecule has 3 fully saturated rings. The van der Waals surface area contributed by atoms with Gasteiger partial charge in [-0.25, -0.2) is 0 Å². The van der Waals surface area contributed by atoms with Gasteiger partial charge in [0.1, 0.15) is 48.3 Å². The van der Waals surface area contributed by atoms with Crippen molar-refractivity contribution >= 4 is 0 Å². The molecule has 14 heteroatoms. The number of hydrogen-bond acceptors (Lipinski definition) is 14. The fourth-order valence-electron chi connectivity index (χ4n) is 4.98. The van der Waals surface area contributed by atoms with Crippen molar-refractivity contribution in [1.29, 1.82) is 0 Å². The average Bonchev–Trinajstić information content (AvgIpc) is 2.75. The maximum atomic E-state index is 11.1. The number of aliphatic hydroxyl groups is 5. The first-order valence-corrected chi connectivity index (χ1v) is 11.5. The van der Waals surface area contributed by atoms with Crippen LogP contribution in [0, 0.1) is 0 Å². The molecule has 0 aromatic carbocycles. The van der Waals surface area contributed by atoms with Crippen LogP contribution >= 0.6 is 0 Å². The summed E-state index contributed by atoms with van der Waals surface area (Å²) in [5.41, 5.74) is 22.9. The van der Waals surface area contributed by atoms with E-state index >= 15 is 0 Å². The molecule has 0 radical (unpaired) electrons. The maximum Gasteiger partial charge on any atom is 0.185 e. The average molecular weight is 496 g/mol. The van der Waals surface area contributed by atoms with Gasteiger partial charge in [0.2, 0.25) is 0 Å². The van der Waals surface area contributed by atoms with Crippen molar-refractivity contribution in [2.75, 3.05) is 13.7 Å². The van der Waals surface area contributed by atoms with Gasteiger partial charge in [-0.2, -0.15) is 0 Å². The Balaban J connectivity index is 1.73. The first kappa shape index (κ1) is 28.0. The molecule has 0 amide bonds. The molecule has 2 heterocycles. The van der Waals surface area contributed by atoms with E-state index in [-0.39, 0.29) is 13.0 Å². The number of nitrogens with two attached hydrogens (primary N) is 4. The highest BCUT2D eigenvalue weighted by Crippen LogP contribution is 2.32. The van der Waals surface area contributed by atoms with Gasteiger partial charge in [0.05, 0.1) is 18.7 Å². The lowest BCUT2D eigenvalue weighted by Gasteiger charge is -2.49. The van der Waals surface area contributed by atoms with Crippen molar-refractivity contribution in [3.8, 4) is 0 Å². The van der Waals surface area contributed by atoms with Gasteiger partial charge in [-0.3, -0.25) is 0 Å². The highest BCUT2D eigenvalue weighted by Gasteiger charge is 2.52. The van der Waals surface area contributed by atoms with Crippen LogP contribution < -0.4 is 28.3 Å². The molecule has 0 aromatic heterocycles. The predicted molar refractivity (Wildman–Crippen MR) is 118 cm³/mol. The van der Waals surface area contributed by atoms with Gasteiger partial charge in [-0.05, 0) is 27.3 Å². The van der Waals surface area contributed by atoms with E-state index < -0.39 is 91.1 Å². The zero-order valence-electron chi connectivity index (χ0n) is 19.7. The van der Waals surface area contributed by atoms with E-state index in [4.69, 9.17) is 41.9 Å². The van der Waals surface area contributed by atoms with E-state index in [1.165, 1.54) is 6.92 Å². The van der Waals surface area contributed by atoms with Crippen LogP contribution in [0.15, 0.2) is 0 Å². The van der Waals surface area contributed by atoms with Gasteiger partial charge < -0.3 is 72.7 Å². The molecular formula is C20H41N5O9. The van der Waals surface area contributed by atoms with Gasteiger partial charge in [-0.15, -0.1) is 0 Å². The Labute approximate surface area is 198 Å². The molecule has 1 aliphatic carbocycles. The lowest BCUT2D eigenvalue weighted by atomic mass is 9.84. The second kappa shape index (κ2) is 10.8. The normalized spacial score (nSPS) is 53.5. The van der Waals surface area contributed by atoms with Crippen LogP contribution in [0.25, 0.3) is 0 Å². The zero-order chi connectivity index (χ0) is 25.5. The molecular weight excluding hydrogens is 454 g/mol. The van der Waals surface area contributed by atoms with Crippen LogP contribution in [-0.4, -0.2) is 130 Å². The first-order chi connectivity index (χ1) is 15.8. The van der Waals surface area contributed by atoms with Crippen LogP contribution in [0.1, 0.15) is 20.3 Å². The summed E-state index contributed by atoms with van der Waals surface area (Å²) in [6, 6.07) is -3.99. The van der Waals surface area contributed by atoms with Crippen molar-refractivity contribution in [2.24, 2.45) is 22.9 Å². The second-order valence-electron chi connectivity index (χ2n) is 9.94. The monoisotopic (exact) mass is 495 g/mol. The number of ether oxygens (including phenoxy) is 4. The van der Waals surface area contributed by atoms with Crippen LogP contribution in [0.5, 0.6) is 0 Å². The molecule has 14 N–H and O–H groups in total. The van der Waals surface area contributed by atoms with E-state index in [2.05, 4.69) is 5.32 Å². The quantitative estimate of drug-likeness (QED) is 0.165. The Morgan fingerprint density at radius 1 is 0.941 bits per heavy atom. The zero-order valence-corrected chi connectivity index (χ0v) is 19.7. The molecule has 14 nitrogen and oxygen atoms in total. The van der Waals surface area contributed by atoms with E-state index in [1.54, 1.807) is 14.0 Å². The molecule has 3 aliphatic rings. The Bertz CT molecular complexity index is 676. The summed E-state index contributed by atoms with van der Waals surface area (Å²) in [6.07, 6.45) is -10.6. The topological polar surface area (TPSA) is 254 Å². The highest BCUT2D eigenvalue weighted by atomic mass is 16.7. The molecule has 2 aliphatic heterocycles. The van der Waals surface area contributed by atoms with Crippen LogP contribution in [0.3, 0.4) is 0 Å². The highest BCUT2D eigenvalue weighted by molar-refractivity contribution is 5.02. The smallest absolute Gasteiger partial charge is 0.185 e.